The topological polar surface area (TPSA) is 42.4 Å². The molecule has 4 nitrogen and oxygen atoms in total. The van der Waals surface area contributed by atoms with E-state index in [-0.39, 0.29) is 18.2 Å². The molecule has 0 aliphatic carbocycles. The number of halogens is 1. The highest BCUT2D eigenvalue weighted by atomic mass is 32.2. The Labute approximate surface area is 104 Å². The first-order valence-electron chi connectivity index (χ1n) is 5.07. The zero-order valence-corrected chi connectivity index (χ0v) is 10.9. The molecule has 0 aliphatic heterocycles. The van der Waals surface area contributed by atoms with Crippen molar-refractivity contribution in [2.75, 3.05) is 31.9 Å². The standard InChI is InChI=1S/C11H15FN2O2S/c1-14(2)11-10(12)8(4-6-13-11)17-7-5-9(15)16-3/h4,6H,5,7H2,1-3H3. The number of hydrogen-bond acceptors (Lipinski definition) is 5. The van der Waals surface area contributed by atoms with Crippen LogP contribution in [0, 0.1) is 5.82 Å². The van der Waals surface area contributed by atoms with Crippen molar-refractivity contribution < 1.29 is 13.9 Å². The third-order valence-corrected chi connectivity index (χ3v) is 3.08. The van der Waals surface area contributed by atoms with E-state index in [0.717, 1.165) is 0 Å². The Morgan fingerprint density at radius 2 is 2.29 bits per heavy atom. The number of aromatic nitrogens is 1. The number of esters is 1. The highest BCUT2D eigenvalue weighted by molar-refractivity contribution is 7.99. The molecule has 0 spiro atoms. The second-order valence-corrected chi connectivity index (χ2v) is 4.65. The maximum atomic E-state index is 13.9. The molecule has 0 aromatic carbocycles. The second kappa shape index (κ2) is 6.44. The average Bonchev–Trinajstić information content (AvgIpc) is 2.30. The lowest BCUT2D eigenvalue weighted by molar-refractivity contribution is -0.140. The summed E-state index contributed by atoms with van der Waals surface area (Å²) >= 11 is 1.28. The van der Waals surface area contributed by atoms with E-state index in [2.05, 4.69) is 9.72 Å². The first-order valence-corrected chi connectivity index (χ1v) is 6.06. The summed E-state index contributed by atoms with van der Waals surface area (Å²) in [5.74, 6) is 0.140. The number of thioether (sulfide) groups is 1. The number of nitrogens with zero attached hydrogens (tertiary/aromatic N) is 2. The summed E-state index contributed by atoms with van der Waals surface area (Å²) in [5.41, 5.74) is 0. The summed E-state index contributed by atoms with van der Waals surface area (Å²) in [4.78, 5) is 17.0. The normalized spacial score (nSPS) is 10.1. The molecule has 6 heteroatoms. The lowest BCUT2D eigenvalue weighted by atomic mass is 10.4. The maximum absolute atomic E-state index is 13.9. The number of carbonyl (C=O) groups is 1. The summed E-state index contributed by atoms with van der Waals surface area (Å²) in [6.07, 6.45) is 1.82. The van der Waals surface area contributed by atoms with Crippen molar-refractivity contribution in [3.05, 3.63) is 18.1 Å². The van der Waals surface area contributed by atoms with Crippen LogP contribution in [0.1, 0.15) is 6.42 Å². The number of hydrogen-bond donors (Lipinski definition) is 0. The van der Waals surface area contributed by atoms with Crippen LogP contribution in [0.15, 0.2) is 17.2 Å². The first kappa shape index (κ1) is 13.8. The van der Waals surface area contributed by atoms with Crippen LogP contribution < -0.4 is 4.90 Å². The lowest BCUT2D eigenvalue weighted by Crippen LogP contribution is -2.13. The van der Waals surface area contributed by atoms with Gasteiger partial charge in [0.05, 0.1) is 13.5 Å². The molecular weight excluding hydrogens is 243 g/mol. The molecule has 1 aromatic rings. The van der Waals surface area contributed by atoms with Crippen LogP contribution in [0.5, 0.6) is 0 Å². The summed E-state index contributed by atoms with van der Waals surface area (Å²) < 4.78 is 18.4. The molecule has 0 saturated heterocycles. The van der Waals surface area contributed by atoms with Crippen molar-refractivity contribution in [1.29, 1.82) is 0 Å². The Hall–Kier alpha value is -1.30. The van der Waals surface area contributed by atoms with Gasteiger partial charge in [-0.1, -0.05) is 0 Å². The molecule has 0 bridgehead atoms. The molecule has 0 saturated carbocycles. The number of rotatable bonds is 5. The van der Waals surface area contributed by atoms with E-state index in [1.54, 1.807) is 31.3 Å². The van der Waals surface area contributed by atoms with Gasteiger partial charge in [0.15, 0.2) is 11.6 Å². The molecule has 0 fully saturated rings. The molecule has 0 amide bonds. The van der Waals surface area contributed by atoms with Gasteiger partial charge in [-0.15, -0.1) is 11.8 Å². The third-order valence-electron chi connectivity index (χ3n) is 2.05. The van der Waals surface area contributed by atoms with E-state index in [0.29, 0.717) is 16.5 Å². The van der Waals surface area contributed by atoms with Crippen LogP contribution in [-0.4, -0.2) is 37.9 Å². The van der Waals surface area contributed by atoms with Crippen LogP contribution in [0.2, 0.25) is 0 Å². The van der Waals surface area contributed by atoms with Crippen molar-refractivity contribution in [3.8, 4) is 0 Å². The minimum Gasteiger partial charge on any atom is -0.469 e. The van der Waals surface area contributed by atoms with Gasteiger partial charge in [0.25, 0.3) is 0 Å². The van der Waals surface area contributed by atoms with Crippen molar-refractivity contribution >= 4 is 23.5 Å². The fourth-order valence-electron chi connectivity index (χ4n) is 1.19. The lowest BCUT2D eigenvalue weighted by Gasteiger charge is -2.13. The third kappa shape index (κ3) is 3.89. The summed E-state index contributed by atoms with van der Waals surface area (Å²) in [6, 6.07) is 1.60. The number of carbonyl (C=O) groups excluding carboxylic acids is 1. The molecule has 94 valence electrons. The predicted octanol–water partition coefficient (Wildman–Crippen LogP) is 1.94. The van der Waals surface area contributed by atoms with E-state index in [4.69, 9.17) is 0 Å². The number of ether oxygens (including phenoxy) is 1. The number of anilines is 1. The molecule has 0 radical (unpaired) electrons. The van der Waals surface area contributed by atoms with Crippen molar-refractivity contribution in [1.82, 2.24) is 4.98 Å². The Kier molecular flexibility index (Phi) is 5.21. The molecule has 17 heavy (non-hydrogen) atoms. The van der Waals surface area contributed by atoms with E-state index < -0.39 is 0 Å². The molecule has 0 unspecified atom stereocenters. The minimum atomic E-state index is -0.354. The van der Waals surface area contributed by atoms with Crippen LogP contribution in [0.25, 0.3) is 0 Å². The molecule has 0 atom stereocenters. The smallest absolute Gasteiger partial charge is 0.306 e. The monoisotopic (exact) mass is 258 g/mol. The average molecular weight is 258 g/mol. The van der Waals surface area contributed by atoms with Crippen molar-refractivity contribution in [2.24, 2.45) is 0 Å². The van der Waals surface area contributed by atoms with Gasteiger partial charge in [0.1, 0.15) is 0 Å². The van der Waals surface area contributed by atoms with Crippen molar-refractivity contribution in [2.45, 2.75) is 11.3 Å². The fraction of sp³-hybridized carbons (Fsp3) is 0.455. The molecule has 0 aliphatic rings. The van der Waals surface area contributed by atoms with Gasteiger partial charge in [0, 0.05) is 30.9 Å². The Morgan fingerprint density at radius 3 is 2.88 bits per heavy atom. The van der Waals surface area contributed by atoms with E-state index >= 15 is 0 Å². The fourth-order valence-corrected chi connectivity index (χ4v) is 2.05. The first-order chi connectivity index (χ1) is 8.06. The summed E-state index contributed by atoms with van der Waals surface area (Å²) in [5, 5.41) is 0. The van der Waals surface area contributed by atoms with E-state index in [9.17, 15) is 9.18 Å². The maximum Gasteiger partial charge on any atom is 0.306 e. The molecule has 1 aromatic heterocycles. The highest BCUT2D eigenvalue weighted by Crippen LogP contribution is 2.26. The Morgan fingerprint density at radius 1 is 1.59 bits per heavy atom. The number of pyridine rings is 1. The van der Waals surface area contributed by atoms with Gasteiger partial charge >= 0.3 is 5.97 Å². The molecule has 1 heterocycles. The van der Waals surface area contributed by atoms with Crippen LogP contribution in [0.3, 0.4) is 0 Å². The Balaban J connectivity index is 2.65. The number of methoxy groups -OCH3 is 1. The van der Waals surface area contributed by atoms with Crippen molar-refractivity contribution in [3.63, 3.8) is 0 Å². The second-order valence-electron chi connectivity index (χ2n) is 3.52. The van der Waals surface area contributed by atoms with E-state index in [1.165, 1.54) is 18.9 Å². The highest BCUT2D eigenvalue weighted by Gasteiger charge is 2.11. The predicted molar refractivity (Wildman–Crippen MR) is 65.9 cm³/mol. The van der Waals surface area contributed by atoms with Gasteiger partial charge in [0.2, 0.25) is 0 Å². The minimum absolute atomic E-state index is 0.264. The van der Waals surface area contributed by atoms with Crippen LogP contribution >= 0.6 is 11.8 Å². The zero-order chi connectivity index (χ0) is 12.8. The quantitative estimate of drug-likeness (QED) is 0.596. The largest absolute Gasteiger partial charge is 0.469 e. The van der Waals surface area contributed by atoms with Gasteiger partial charge in [-0.2, -0.15) is 0 Å². The summed E-state index contributed by atoms with van der Waals surface area (Å²) in [7, 11) is 4.80. The van der Waals surface area contributed by atoms with E-state index in [1.807, 2.05) is 0 Å². The van der Waals surface area contributed by atoms with Gasteiger partial charge in [-0.05, 0) is 6.07 Å². The zero-order valence-electron chi connectivity index (χ0n) is 10.1. The van der Waals surface area contributed by atoms with Gasteiger partial charge < -0.3 is 9.64 Å². The summed E-state index contributed by atoms with van der Waals surface area (Å²) in [6.45, 7) is 0. The van der Waals surface area contributed by atoms with Crippen LogP contribution in [-0.2, 0) is 9.53 Å². The van der Waals surface area contributed by atoms with Crippen LogP contribution in [0.4, 0.5) is 10.2 Å². The molecular formula is C11H15FN2O2S. The Bertz CT molecular complexity index is 399. The molecule has 1 rings (SSSR count). The molecule has 0 N–H and O–H groups in total. The SMILES string of the molecule is COC(=O)CCSc1ccnc(N(C)C)c1F. The van der Waals surface area contributed by atoms with Gasteiger partial charge in [-0.3, -0.25) is 4.79 Å². The van der Waals surface area contributed by atoms with Gasteiger partial charge in [-0.25, -0.2) is 9.37 Å².